The highest BCUT2D eigenvalue weighted by atomic mass is 32.1. The lowest BCUT2D eigenvalue weighted by Gasteiger charge is -2.12. The molecule has 3 rings (SSSR count). The summed E-state index contributed by atoms with van der Waals surface area (Å²) in [5, 5.41) is 11.0. The summed E-state index contributed by atoms with van der Waals surface area (Å²) >= 11 is 1.69. The fraction of sp³-hybridized carbons (Fsp3) is 0.364. The Kier molecular flexibility index (Phi) is 2.64. The highest BCUT2D eigenvalue weighted by Gasteiger charge is 2.20. The van der Waals surface area contributed by atoms with Crippen molar-refractivity contribution >= 4 is 23.2 Å². The molecule has 0 bridgehead atoms. The minimum absolute atomic E-state index is 0.0962. The van der Waals surface area contributed by atoms with Crippen molar-refractivity contribution < 1.29 is 4.79 Å². The summed E-state index contributed by atoms with van der Waals surface area (Å²) in [6.45, 7) is 0. The standard InChI is InChI=1S/C11H12N4OS/c16-10(14-11-12-6-13-15-11)8-5-17-9-4-2-1-3-7(8)9/h5-6H,1-4H2,(H2,12,13,14,15,16). The lowest BCUT2D eigenvalue weighted by molar-refractivity contribution is 0.102. The zero-order valence-corrected chi connectivity index (χ0v) is 10.0. The maximum Gasteiger partial charge on any atom is 0.259 e. The number of aryl methyl sites for hydroxylation is 1. The summed E-state index contributed by atoms with van der Waals surface area (Å²) in [5.41, 5.74) is 2.01. The first kappa shape index (κ1) is 10.5. The number of hydrogen-bond acceptors (Lipinski definition) is 4. The summed E-state index contributed by atoms with van der Waals surface area (Å²) in [6, 6.07) is 0. The van der Waals surface area contributed by atoms with E-state index in [1.807, 2.05) is 5.38 Å². The number of amides is 1. The predicted octanol–water partition coefficient (Wildman–Crippen LogP) is 2.00. The minimum Gasteiger partial charge on any atom is -0.291 e. The molecule has 5 nitrogen and oxygen atoms in total. The number of nitrogens with one attached hydrogen (secondary N) is 2. The third-order valence-electron chi connectivity index (χ3n) is 2.95. The molecule has 0 fully saturated rings. The van der Waals surface area contributed by atoms with Crippen LogP contribution in [-0.4, -0.2) is 21.1 Å². The van der Waals surface area contributed by atoms with Crippen molar-refractivity contribution in [2.75, 3.05) is 5.32 Å². The number of carbonyl (C=O) groups is 1. The number of H-pyrrole nitrogens is 1. The van der Waals surface area contributed by atoms with Gasteiger partial charge in [0.15, 0.2) is 0 Å². The van der Waals surface area contributed by atoms with Crippen LogP contribution in [0.25, 0.3) is 0 Å². The quantitative estimate of drug-likeness (QED) is 0.854. The molecule has 2 N–H and O–H groups in total. The van der Waals surface area contributed by atoms with Gasteiger partial charge < -0.3 is 0 Å². The lowest BCUT2D eigenvalue weighted by Crippen LogP contribution is -2.15. The van der Waals surface area contributed by atoms with Gasteiger partial charge in [0.05, 0.1) is 5.56 Å². The number of rotatable bonds is 2. The lowest BCUT2D eigenvalue weighted by atomic mass is 9.96. The molecule has 0 spiro atoms. The molecule has 0 atom stereocenters. The fourth-order valence-corrected chi connectivity index (χ4v) is 3.25. The number of fused-ring (bicyclic) bond motifs is 1. The highest BCUT2D eigenvalue weighted by molar-refractivity contribution is 7.10. The zero-order chi connectivity index (χ0) is 11.7. The van der Waals surface area contributed by atoms with Crippen molar-refractivity contribution in [2.45, 2.75) is 25.7 Å². The van der Waals surface area contributed by atoms with E-state index in [1.165, 1.54) is 29.6 Å². The first-order valence-electron chi connectivity index (χ1n) is 5.60. The summed E-state index contributed by atoms with van der Waals surface area (Å²) in [5.74, 6) is 0.298. The topological polar surface area (TPSA) is 70.7 Å². The Bertz CT molecular complexity index is 532. The van der Waals surface area contributed by atoms with Crippen LogP contribution in [-0.2, 0) is 12.8 Å². The molecule has 2 aromatic heterocycles. The molecule has 1 aliphatic rings. The molecule has 0 saturated heterocycles. The molecule has 1 amide bonds. The molecule has 0 saturated carbocycles. The van der Waals surface area contributed by atoms with Crippen LogP contribution in [0.3, 0.4) is 0 Å². The maximum absolute atomic E-state index is 12.1. The van der Waals surface area contributed by atoms with E-state index < -0.39 is 0 Å². The Morgan fingerprint density at radius 2 is 2.29 bits per heavy atom. The van der Waals surface area contributed by atoms with Gasteiger partial charge in [-0.25, -0.2) is 5.10 Å². The van der Waals surface area contributed by atoms with Gasteiger partial charge in [-0.2, -0.15) is 10.1 Å². The Balaban J connectivity index is 1.84. The number of aromatic nitrogens is 3. The molecule has 0 radical (unpaired) electrons. The first-order valence-corrected chi connectivity index (χ1v) is 6.48. The maximum atomic E-state index is 12.1. The molecule has 0 aromatic carbocycles. The number of nitrogens with zero attached hydrogens (tertiary/aromatic N) is 2. The van der Waals surface area contributed by atoms with Crippen LogP contribution >= 0.6 is 11.3 Å². The second-order valence-corrected chi connectivity index (χ2v) is 5.01. The molecular formula is C11H12N4OS. The monoisotopic (exact) mass is 248 g/mol. The molecule has 88 valence electrons. The van der Waals surface area contributed by atoms with Crippen molar-refractivity contribution in [3.8, 4) is 0 Å². The van der Waals surface area contributed by atoms with Crippen molar-refractivity contribution in [2.24, 2.45) is 0 Å². The smallest absolute Gasteiger partial charge is 0.259 e. The number of aromatic amines is 1. The average molecular weight is 248 g/mol. The molecule has 0 unspecified atom stereocenters. The van der Waals surface area contributed by atoms with Crippen LogP contribution in [0, 0.1) is 0 Å². The van der Waals surface area contributed by atoms with Crippen molar-refractivity contribution in [1.82, 2.24) is 15.2 Å². The van der Waals surface area contributed by atoms with E-state index in [-0.39, 0.29) is 5.91 Å². The Morgan fingerprint density at radius 1 is 1.41 bits per heavy atom. The number of thiophene rings is 1. The van der Waals surface area contributed by atoms with E-state index in [9.17, 15) is 4.79 Å². The second kappa shape index (κ2) is 4.29. The second-order valence-electron chi connectivity index (χ2n) is 4.05. The van der Waals surface area contributed by atoms with Crippen molar-refractivity contribution in [3.05, 3.63) is 27.7 Å². The SMILES string of the molecule is O=C(Nc1ncn[nH]1)c1csc2c1CCCC2. The Hall–Kier alpha value is -1.69. The van der Waals surface area contributed by atoms with Gasteiger partial charge in [0.2, 0.25) is 5.95 Å². The summed E-state index contributed by atoms with van der Waals surface area (Å²) < 4.78 is 0. The van der Waals surface area contributed by atoms with Gasteiger partial charge in [0.1, 0.15) is 6.33 Å². The normalized spacial score (nSPS) is 14.4. The van der Waals surface area contributed by atoms with E-state index in [2.05, 4.69) is 20.5 Å². The van der Waals surface area contributed by atoms with E-state index in [0.717, 1.165) is 18.4 Å². The Morgan fingerprint density at radius 3 is 3.12 bits per heavy atom. The molecule has 1 aliphatic carbocycles. The fourth-order valence-electron chi connectivity index (χ4n) is 2.12. The number of carbonyl (C=O) groups excluding carboxylic acids is 1. The third kappa shape index (κ3) is 1.95. The van der Waals surface area contributed by atoms with E-state index in [4.69, 9.17) is 0 Å². The molecule has 17 heavy (non-hydrogen) atoms. The van der Waals surface area contributed by atoms with E-state index in [0.29, 0.717) is 5.95 Å². The van der Waals surface area contributed by atoms with E-state index >= 15 is 0 Å². The largest absolute Gasteiger partial charge is 0.291 e. The molecule has 2 aromatic rings. The van der Waals surface area contributed by atoms with Crippen LogP contribution in [0.5, 0.6) is 0 Å². The van der Waals surface area contributed by atoms with Gasteiger partial charge in [-0.15, -0.1) is 11.3 Å². The predicted molar refractivity (Wildman–Crippen MR) is 65.3 cm³/mol. The summed E-state index contributed by atoms with van der Waals surface area (Å²) in [7, 11) is 0. The van der Waals surface area contributed by atoms with Crippen LogP contribution in [0.2, 0.25) is 0 Å². The Labute approximate surface area is 102 Å². The molecule has 6 heteroatoms. The molecular weight excluding hydrogens is 236 g/mol. The van der Waals surface area contributed by atoms with Gasteiger partial charge >= 0.3 is 0 Å². The zero-order valence-electron chi connectivity index (χ0n) is 9.19. The third-order valence-corrected chi connectivity index (χ3v) is 4.04. The molecule has 0 aliphatic heterocycles. The van der Waals surface area contributed by atoms with Gasteiger partial charge in [0, 0.05) is 10.3 Å². The van der Waals surface area contributed by atoms with Gasteiger partial charge in [-0.3, -0.25) is 10.1 Å². The van der Waals surface area contributed by atoms with Crippen LogP contribution in [0.15, 0.2) is 11.7 Å². The van der Waals surface area contributed by atoms with Gasteiger partial charge in [-0.05, 0) is 31.2 Å². The van der Waals surface area contributed by atoms with Crippen molar-refractivity contribution in [1.29, 1.82) is 0 Å². The minimum atomic E-state index is -0.0962. The van der Waals surface area contributed by atoms with Gasteiger partial charge in [-0.1, -0.05) is 0 Å². The summed E-state index contributed by atoms with van der Waals surface area (Å²) in [6.07, 6.45) is 5.90. The molecule has 2 heterocycles. The highest BCUT2D eigenvalue weighted by Crippen LogP contribution is 2.30. The van der Waals surface area contributed by atoms with E-state index in [1.54, 1.807) is 11.3 Å². The van der Waals surface area contributed by atoms with Gasteiger partial charge in [0.25, 0.3) is 5.91 Å². The van der Waals surface area contributed by atoms with Crippen LogP contribution in [0.4, 0.5) is 5.95 Å². The van der Waals surface area contributed by atoms with Crippen molar-refractivity contribution in [3.63, 3.8) is 0 Å². The van der Waals surface area contributed by atoms with Crippen LogP contribution < -0.4 is 5.32 Å². The average Bonchev–Trinajstić information content (AvgIpc) is 2.96. The number of hydrogen-bond donors (Lipinski definition) is 2. The first-order chi connectivity index (χ1) is 8.34. The van der Waals surface area contributed by atoms with Crippen LogP contribution in [0.1, 0.15) is 33.6 Å². The number of anilines is 1. The summed E-state index contributed by atoms with van der Waals surface area (Å²) in [4.78, 5) is 17.3.